The van der Waals surface area contributed by atoms with E-state index in [0.29, 0.717) is 5.56 Å². The maximum atomic E-state index is 13.2. The van der Waals surface area contributed by atoms with E-state index in [1.165, 1.54) is 30.0 Å². The normalized spacial score (nSPS) is 11.0. The molecule has 3 rings (SSSR count). The lowest BCUT2D eigenvalue weighted by molar-refractivity contribution is -0.137. The van der Waals surface area contributed by atoms with E-state index >= 15 is 0 Å². The zero-order valence-corrected chi connectivity index (χ0v) is 17.6. The highest BCUT2D eigenvalue weighted by molar-refractivity contribution is 5.92. The van der Waals surface area contributed by atoms with E-state index in [2.05, 4.69) is 11.7 Å². The minimum Gasteiger partial charge on any atom is -0.329 e. The van der Waals surface area contributed by atoms with Gasteiger partial charge in [-0.15, -0.1) is 6.58 Å². The van der Waals surface area contributed by atoms with Crippen LogP contribution in [-0.2, 0) is 12.7 Å². The van der Waals surface area contributed by atoms with Crippen molar-refractivity contribution in [2.45, 2.75) is 19.6 Å². The molecule has 3 aromatic rings. The Morgan fingerprint density at radius 1 is 1.21 bits per heavy atom. The number of halogens is 3. The molecule has 0 atom stereocenters. The second kappa shape index (κ2) is 9.53. The molecule has 0 fully saturated rings. The maximum Gasteiger partial charge on any atom is 0.416 e. The summed E-state index contributed by atoms with van der Waals surface area (Å²) in [6.45, 7) is 5.38. The van der Waals surface area contributed by atoms with E-state index in [-0.39, 0.29) is 24.5 Å². The number of carbonyl (C=O) groups excluding carboxylic acids is 1. The predicted molar refractivity (Wildman–Crippen MR) is 116 cm³/mol. The van der Waals surface area contributed by atoms with Gasteiger partial charge in [-0.05, 0) is 42.8 Å². The van der Waals surface area contributed by atoms with E-state index in [9.17, 15) is 22.8 Å². The molecule has 1 aromatic heterocycles. The number of hydrogen-bond acceptors (Lipinski definition) is 4. The van der Waals surface area contributed by atoms with Gasteiger partial charge in [-0.3, -0.25) is 9.59 Å². The Hall–Kier alpha value is -4.19. The Morgan fingerprint density at radius 2 is 1.91 bits per heavy atom. The number of nitrogens with zero attached hydrogens (tertiary/aromatic N) is 4. The molecule has 1 heterocycles. The number of aromatic nitrogens is 2. The van der Waals surface area contributed by atoms with Crippen molar-refractivity contribution < 1.29 is 18.0 Å². The Morgan fingerprint density at radius 3 is 2.52 bits per heavy atom. The summed E-state index contributed by atoms with van der Waals surface area (Å²) in [5, 5.41) is 13.0. The quantitative estimate of drug-likeness (QED) is 0.524. The fourth-order valence-corrected chi connectivity index (χ4v) is 3.20. The molecule has 0 saturated carbocycles. The van der Waals surface area contributed by atoms with Crippen LogP contribution in [0.3, 0.4) is 0 Å². The van der Waals surface area contributed by atoms with E-state index in [4.69, 9.17) is 5.26 Å². The van der Waals surface area contributed by atoms with Crippen LogP contribution in [0.5, 0.6) is 0 Å². The first-order chi connectivity index (χ1) is 15.6. The summed E-state index contributed by atoms with van der Waals surface area (Å²) in [6.07, 6.45) is -3.06. The number of rotatable bonds is 6. The fourth-order valence-electron chi connectivity index (χ4n) is 3.20. The Labute approximate surface area is 187 Å². The lowest BCUT2D eigenvalue weighted by Crippen LogP contribution is -2.36. The molecule has 0 N–H and O–H groups in total. The third-order valence-electron chi connectivity index (χ3n) is 4.82. The highest BCUT2D eigenvalue weighted by Gasteiger charge is 2.31. The summed E-state index contributed by atoms with van der Waals surface area (Å²) >= 11 is 0. The highest BCUT2D eigenvalue weighted by atomic mass is 19.4. The summed E-state index contributed by atoms with van der Waals surface area (Å²) in [4.78, 5) is 27.1. The van der Waals surface area contributed by atoms with Crippen LogP contribution in [0.25, 0.3) is 5.69 Å². The minimum atomic E-state index is -4.55. The number of aryl methyl sites for hydroxylation is 1. The molecule has 0 saturated heterocycles. The van der Waals surface area contributed by atoms with Crippen molar-refractivity contribution in [3.05, 3.63) is 106 Å². The van der Waals surface area contributed by atoms with Crippen molar-refractivity contribution in [2.75, 3.05) is 6.54 Å². The smallest absolute Gasteiger partial charge is 0.329 e. The molecule has 0 bridgehead atoms. The number of amides is 1. The van der Waals surface area contributed by atoms with Crippen LogP contribution in [0.2, 0.25) is 0 Å². The number of benzene rings is 2. The minimum absolute atomic E-state index is 0.0683. The Balaban J connectivity index is 2.00. The number of carbonyl (C=O) groups is 1. The molecular formula is C24H19F3N4O2. The maximum absolute atomic E-state index is 13.2. The van der Waals surface area contributed by atoms with Crippen LogP contribution in [-0.4, -0.2) is 27.1 Å². The van der Waals surface area contributed by atoms with Crippen LogP contribution in [0.15, 0.2) is 72.0 Å². The summed E-state index contributed by atoms with van der Waals surface area (Å²) in [5.41, 5.74) is -0.416. The molecule has 0 aliphatic rings. The molecular weight excluding hydrogens is 433 g/mol. The Kier molecular flexibility index (Phi) is 6.78. The number of alkyl halides is 3. The first kappa shape index (κ1) is 23.5. The first-order valence-electron chi connectivity index (χ1n) is 9.82. The summed E-state index contributed by atoms with van der Waals surface area (Å²) in [5.74, 6) is -0.690. The van der Waals surface area contributed by atoms with Gasteiger partial charge in [0.2, 0.25) is 5.43 Å². The third kappa shape index (κ3) is 5.36. The van der Waals surface area contributed by atoms with E-state index < -0.39 is 28.8 Å². The molecule has 0 radical (unpaired) electrons. The van der Waals surface area contributed by atoms with Crippen molar-refractivity contribution in [1.29, 1.82) is 5.26 Å². The average Bonchev–Trinajstić information content (AvgIpc) is 2.78. The summed E-state index contributed by atoms with van der Waals surface area (Å²) < 4.78 is 40.5. The van der Waals surface area contributed by atoms with E-state index in [1.54, 1.807) is 24.3 Å². The number of nitriles is 1. The second-order valence-corrected chi connectivity index (χ2v) is 7.24. The van der Waals surface area contributed by atoms with Crippen LogP contribution < -0.4 is 5.43 Å². The van der Waals surface area contributed by atoms with Crippen molar-refractivity contribution in [3.63, 3.8) is 0 Å². The van der Waals surface area contributed by atoms with Crippen LogP contribution in [0.1, 0.15) is 32.9 Å². The molecule has 1 amide bonds. The van der Waals surface area contributed by atoms with Gasteiger partial charge in [-0.25, -0.2) is 4.68 Å². The van der Waals surface area contributed by atoms with Gasteiger partial charge < -0.3 is 4.90 Å². The van der Waals surface area contributed by atoms with Gasteiger partial charge in [0.25, 0.3) is 5.91 Å². The predicted octanol–water partition coefficient (Wildman–Crippen LogP) is 4.26. The monoisotopic (exact) mass is 452 g/mol. The fraction of sp³-hybridized carbons (Fsp3) is 0.167. The highest BCUT2D eigenvalue weighted by Crippen LogP contribution is 2.30. The molecule has 2 aromatic carbocycles. The zero-order chi connectivity index (χ0) is 24.2. The SMILES string of the molecule is C=CCN(Cc1ccc(C#N)cc1)C(=O)c1nn(-c2cccc(C(F)(F)F)c2)c(C)cc1=O. The van der Waals surface area contributed by atoms with Gasteiger partial charge in [0.1, 0.15) is 0 Å². The standard InChI is InChI=1S/C24H19F3N4O2/c1-3-11-30(15-18-9-7-17(14-28)8-10-18)23(33)22-21(32)12-16(2)31(29-22)20-6-4-5-19(13-20)24(25,26)27/h3-10,12-13H,1,11,15H2,2H3. The van der Waals surface area contributed by atoms with Crippen molar-refractivity contribution in [1.82, 2.24) is 14.7 Å². The molecule has 168 valence electrons. The summed E-state index contributed by atoms with van der Waals surface area (Å²) in [7, 11) is 0. The van der Waals surface area contributed by atoms with Crippen LogP contribution >= 0.6 is 0 Å². The van der Waals surface area contributed by atoms with Gasteiger partial charge in [0.05, 0.1) is 22.9 Å². The molecule has 9 heteroatoms. The van der Waals surface area contributed by atoms with E-state index in [0.717, 1.165) is 28.4 Å². The molecule has 0 aliphatic heterocycles. The topological polar surface area (TPSA) is 79.0 Å². The molecule has 33 heavy (non-hydrogen) atoms. The molecule has 0 spiro atoms. The first-order valence-corrected chi connectivity index (χ1v) is 9.82. The largest absolute Gasteiger partial charge is 0.416 e. The lowest BCUT2D eigenvalue weighted by atomic mass is 10.1. The van der Waals surface area contributed by atoms with Gasteiger partial charge in [0.15, 0.2) is 5.69 Å². The lowest BCUT2D eigenvalue weighted by Gasteiger charge is -2.21. The number of hydrogen-bond donors (Lipinski definition) is 0. The Bertz CT molecular complexity index is 1290. The van der Waals surface area contributed by atoms with Gasteiger partial charge in [-0.2, -0.15) is 23.5 Å². The van der Waals surface area contributed by atoms with Gasteiger partial charge >= 0.3 is 6.18 Å². The molecule has 6 nitrogen and oxygen atoms in total. The van der Waals surface area contributed by atoms with Crippen molar-refractivity contribution in [2.24, 2.45) is 0 Å². The third-order valence-corrected chi connectivity index (χ3v) is 4.82. The zero-order valence-electron chi connectivity index (χ0n) is 17.6. The average molecular weight is 452 g/mol. The second-order valence-electron chi connectivity index (χ2n) is 7.24. The molecule has 0 aliphatic carbocycles. The van der Waals surface area contributed by atoms with Crippen LogP contribution in [0, 0.1) is 18.3 Å². The van der Waals surface area contributed by atoms with Crippen molar-refractivity contribution >= 4 is 5.91 Å². The van der Waals surface area contributed by atoms with Crippen LogP contribution in [0.4, 0.5) is 13.2 Å². The van der Waals surface area contributed by atoms with Crippen molar-refractivity contribution in [3.8, 4) is 11.8 Å². The van der Waals surface area contributed by atoms with E-state index in [1.807, 2.05) is 6.07 Å². The summed E-state index contributed by atoms with van der Waals surface area (Å²) in [6, 6.07) is 14.2. The van der Waals surface area contributed by atoms with Gasteiger partial charge in [-0.1, -0.05) is 24.3 Å². The van der Waals surface area contributed by atoms with Gasteiger partial charge in [0, 0.05) is 24.8 Å². The molecule has 0 unspecified atom stereocenters.